The van der Waals surface area contributed by atoms with Crippen molar-refractivity contribution in [1.29, 1.82) is 0 Å². The molecule has 5 nitrogen and oxygen atoms in total. The van der Waals surface area contributed by atoms with Gasteiger partial charge in [0.2, 0.25) is 5.91 Å². The highest BCUT2D eigenvalue weighted by Crippen LogP contribution is 2.16. The molecule has 0 saturated carbocycles. The van der Waals surface area contributed by atoms with Crippen LogP contribution in [0.3, 0.4) is 0 Å². The zero-order chi connectivity index (χ0) is 18.4. The van der Waals surface area contributed by atoms with Gasteiger partial charge < -0.3 is 10.2 Å². The summed E-state index contributed by atoms with van der Waals surface area (Å²) < 4.78 is 13.6. The molecule has 1 N–H and O–H groups in total. The zero-order valence-electron chi connectivity index (χ0n) is 14.1. The maximum absolute atomic E-state index is 13.6. The van der Waals surface area contributed by atoms with E-state index in [2.05, 4.69) is 5.32 Å². The Morgan fingerprint density at radius 3 is 2.20 bits per heavy atom. The van der Waals surface area contributed by atoms with Gasteiger partial charge in [0.1, 0.15) is 5.82 Å². The normalized spacial score (nSPS) is 10.2. The van der Waals surface area contributed by atoms with Gasteiger partial charge in [0.25, 0.3) is 5.91 Å². The third kappa shape index (κ3) is 4.73. The number of rotatable bonds is 6. The van der Waals surface area contributed by atoms with Crippen LogP contribution in [0.5, 0.6) is 0 Å². The third-order valence-corrected chi connectivity index (χ3v) is 3.71. The summed E-state index contributed by atoms with van der Waals surface area (Å²) in [7, 11) is 0. The Kier molecular flexibility index (Phi) is 6.00. The summed E-state index contributed by atoms with van der Waals surface area (Å²) in [5, 5.41) is 2.60. The van der Waals surface area contributed by atoms with Crippen LogP contribution in [0.25, 0.3) is 0 Å². The third-order valence-electron chi connectivity index (χ3n) is 3.71. The Morgan fingerprint density at radius 2 is 1.64 bits per heavy atom. The largest absolute Gasteiger partial charge is 0.350 e. The molecule has 0 fully saturated rings. The number of ketones is 1. The number of Topliss-reactive ketones (excluding diaryl/α,β-unsaturated/α-hetero) is 1. The van der Waals surface area contributed by atoms with Crippen LogP contribution in [-0.4, -0.2) is 30.7 Å². The minimum Gasteiger partial charge on any atom is -0.350 e. The Hall–Kier alpha value is -3.02. The maximum atomic E-state index is 13.6. The van der Waals surface area contributed by atoms with Crippen molar-refractivity contribution < 1.29 is 18.8 Å². The van der Waals surface area contributed by atoms with Gasteiger partial charge in [-0.1, -0.05) is 12.1 Å². The molecule has 0 aliphatic rings. The van der Waals surface area contributed by atoms with Crippen molar-refractivity contribution in [3.8, 4) is 0 Å². The van der Waals surface area contributed by atoms with Gasteiger partial charge in [0.15, 0.2) is 5.78 Å². The summed E-state index contributed by atoms with van der Waals surface area (Å²) in [5.41, 5.74) is 1.14. The zero-order valence-corrected chi connectivity index (χ0v) is 14.1. The predicted molar refractivity (Wildman–Crippen MR) is 93.2 cm³/mol. The lowest BCUT2D eigenvalue weighted by Crippen LogP contribution is -2.37. The van der Waals surface area contributed by atoms with Crippen LogP contribution in [0.1, 0.15) is 34.6 Å². The van der Waals surface area contributed by atoms with Gasteiger partial charge in [0.05, 0.1) is 5.56 Å². The monoisotopic (exact) mass is 342 g/mol. The molecule has 0 aromatic heterocycles. The fraction of sp³-hybridized carbons (Fsp3) is 0.211. The molecular formula is C19H19FN2O3. The number of nitrogens with zero attached hydrogens (tertiary/aromatic N) is 1. The maximum Gasteiger partial charge on any atom is 0.254 e. The number of carbonyl (C=O) groups is 3. The molecule has 0 bridgehead atoms. The number of hydrogen-bond donors (Lipinski definition) is 1. The first kappa shape index (κ1) is 18.3. The highest BCUT2D eigenvalue weighted by molar-refractivity contribution is 5.96. The molecule has 0 unspecified atom stereocenters. The van der Waals surface area contributed by atoms with E-state index in [9.17, 15) is 18.8 Å². The van der Waals surface area contributed by atoms with E-state index in [0.717, 1.165) is 0 Å². The molecule has 2 aromatic carbocycles. The number of nitrogens with one attached hydrogen (secondary N) is 1. The van der Waals surface area contributed by atoms with E-state index in [1.807, 2.05) is 0 Å². The number of anilines is 1. The van der Waals surface area contributed by atoms with E-state index >= 15 is 0 Å². The molecule has 0 spiro atoms. The van der Waals surface area contributed by atoms with Crippen molar-refractivity contribution in [1.82, 2.24) is 5.32 Å². The van der Waals surface area contributed by atoms with Crippen LogP contribution in [0, 0.1) is 5.82 Å². The molecule has 0 atom stereocenters. The van der Waals surface area contributed by atoms with Crippen molar-refractivity contribution in [2.45, 2.75) is 13.8 Å². The van der Waals surface area contributed by atoms with Gasteiger partial charge >= 0.3 is 0 Å². The van der Waals surface area contributed by atoms with Crippen molar-refractivity contribution in [2.24, 2.45) is 0 Å². The fourth-order valence-electron chi connectivity index (χ4n) is 2.37. The number of benzene rings is 2. The molecule has 2 amide bonds. The van der Waals surface area contributed by atoms with Gasteiger partial charge in [-0.05, 0) is 43.3 Å². The van der Waals surface area contributed by atoms with Crippen LogP contribution < -0.4 is 10.2 Å². The summed E-state index contributed by atoms with van der Waals surface area (Å²) in [6.45, 7) is 3.28. The minimum absolute atomic E-state index is 0.0392. The van der Waals surface area contributed by atoms with Gasteiger partial charge in [-0.25, -0.2) is 4.39 Å². The van der Waals surface area contributed by atoms with Gasteiger partial charge in [-0.2, -0.15) is 0 Å². The Bertz CT molecular complexity index is 788. The molecule has 0 saturated heterocycles. The average Bonchev–Trinajstić information content (AvgIpc) is 2.58. The highest BCUT2D eigenvalue weighted by Gasteiger charge is 2.14. The predicted octanol–water partition coefficient (Wildman–Crippen LogP) is 2.81. The molecule has 2 aromatic rings. The topological polar surface area (TPSA) is 66.5 Å². The Balaban J connectivity index is 2.00. The molecular weight excluding hydrogens is 323 g/mol. The number of halogens is 1. The van der Waals surface area contributed by atoms with Crippen LogP contribution in [-0.2, 0) is 4.79 Å². The summed E-state index contributed by atoms with van der Waals surface area (Å²) in [4.78, 5) is 36.6. The standard InChI is InChI=1S/C19H19FN2O3/c1-13(23)15-7-9-16(10-8-15)22(14(2)24)12-11-21-19(25)17-5-3-4-6-18(17)20/h3-10H,11-12H2,1-2H3,(H,21,25). The second kappa shape index (κ2) is 8.19. The molecule has 0 aliphatic heterocycles. The summed E-state index contributed by atoms with van der Waals surface area (Å²) in [6.07, 6.45) is 0. The first-order valence-electron chi connectivity index (χ1n) is 7.82. The van der Waals surface area contributed by atoms with E-state index < -0.39 is 11.7 Å². The van der Waals surface area contributed by atoms with Crippen LogP contribution in [0.2, 0.25) is 0 Å². The lowest BCUT2D eigenvalue weighted by Gasteiger charge is -2.21. The molecule has 0 radical (unpaired) electrons. The van der Waals surface area contributed by atoms with Gasteiger partial charge in [0, 0.05) is 31.3 Å². The summed E-state index contributed by atoms with van der Waals surface area (Å²) in [6, 6.07) is 12.3. The van der Waals surface area contributed by atoms with E-state index in [-0.39, 0.29) is 30.3 Å². The lowest BCUT2D eigenvalue weighted by atomic mass is 10.1. The molecule has 6 heteroatoms. The van der Waals surface area contributed by atoms with Crippen molar-refractivity contribution >= 4 is 23.3 Å². The first-order chi connectivity index (χ1) is 11.9. The number of hydrogen-bond acceptors (Lipinski definition) is 3. The molecule has 0 aliphatic carbocycles. The van der Waals surface area contributed by atoms with Gasteiger partial charge in [-0.15, -0.1) is 0 Å². The smallest absolute Gasteiger partial charge is 0.254 e. The first-order valence-corrected chi connectivity index (χ1v) is 7.82. The van der Waals surface area contributed by atoms with E-state index in [4.69, 9.17) is 0 Å². The summed E-state index contributed by atoms with van der Waals surface area (Å²) in [5.74, 6) is -1.38. The second-order valence-electron chi connectivity index (χ2n) is 5.51. The molecule has 2 rings (SSSR count). The lowest BCUT2D eigenvalue weighted by molar-refractivity contribution is -0.116. The molecule has 25 heavy (non-hydrogen) atoms. The van der Waals surface area contributed by atoms with Crippen LogP contribution >= 0.6 is 0 Å². The van der Waals surface area contributed by atoms with Crippen molar-refractivity contribution in [3.63, 3.8) is 0 Å². The molecule has 130 valence electrons. The van der Waals surface area contributed by atoms with E-state index in [1.165, 1.54) is 36.9 Å². The SMILES string of the molecule is CC(=O)c1ccc(N(CCNC(=O)c2ccccc2F)C(C)=O)cc1. The van der Waals surface area contributed by atoms with Gasteiger partial charge in [-0.3, -0.25) is 14.4 Å². The van der Waals surface area contributed by atoms with Crippen molar-refractivity contribution in [3.05, 3.63) is 65.5 Å². The van der Waals surface area contributed by atoms with Crippen LogP contribution in [0.15, 0.2) is 48.5 Å². The Labute approximate surface area is 145 Å². The average molecular weight is 342 g/mol. The fourth-order valence-corrected chi connectivity index (χ4v) is 2.37. The van der Waals surface area contributed by atoms with Crippen molar-refractivity contribution in [2.75, 3.05) is 18.0 Å². The summed E-state index contributed by atoms with van der Waals surface area (Å²) >= 11 is 0. The second-order valence-corrected chi connectivity index (χ2v) is 5.51. The Morgan fingerprint density at radius 1 is 1.00 bits per heavy atom. The number of carbonyl (C=O) groups excluding carboxylic acids is 3. The van der Waals surface area contributed by atoms with E-state index in [1.54, 1.807) is 30.3 Å². The highest BCUT2D eigenvalue weighted by atomic mass is 19.1. The quantitative estimate of drug-likeness (QED) is 0.821. The minimum atomic E-state index is -0.594. The number of amides is 2. The van der Waals surface area contributed by atoms with E-state index in [0.29, 0.717) is 11.3 Å². The van der Waals surface area contributed by atoms with Crippen LogP contribution in [0.4, 0.5) is 10.1 Å². The molecule has 0 heterocycles.